The molecule has 1 aliphatic rings. The molecule has 0 unspecified atom stereocenters. The number of halogens is 2. The first-order chi connectivity index (χ1) is 11.1. The van der Waals surface area contributed by atoms with Gasteiger partial charge in [0.15, 0.2) is 23.1 Å². The van der Waals surface area contributed by atoms with Gasteiger partial charge in [-0.2, -0.15) is 9.61 Å². The van der Waals surface area contributed by atoms with Crippen molar-refractivity contribution in [3.63, 3.8) is 0 Å². The van der Waals surface area contributed by atoms with E-state index in [0.717, 1.165) is 30.8 Å². The third-order valence-corrected chi connectivity index (χ3v) is 3.64. The fourth-order valence-corrected chi connectivity index (χ4v) is 2.29. The highest BCUT2D eigenvalue weighted by Crippen LogP contribution is 2.38. The summed E-state index contributed by atoms with van der Waals surface area (Å²) in [5.41, 5.74) is 0.863. The normalized spacial score (nSPS) is 14.2. The van der Waals surface area contributed by atoms with Gasteiger partial charge >= 0.3 is 0 Å². The molecule has 1 amide bonds. The van der Waals surface area contributed by atoms with Gasteiger partial charge < -0.3 is 5.32 Å². The van der Waals surface area contributed by atoms with E-state index in [-0.39, 0.29) is 11.4 Å². The molecule has 1 aromatic carbocycles. The van der Waals surface area contributed by atoms with Crippen molar-refractivity contribution in [2.24, 2.45) is 0 Å². The van der Waals surface area contributed by atoms with Gasteiger partial charge in [0.2, 0.25) is 0 Å². The first kappa shape index (κ1) is 13.7. The average molecular weight is 315 g/mol. The lowest BCUT2D eigenvalue weighted by Gasteiger charge is -2.05. The van der Waals surface area contributed by atoms with Crippen molar-refractivity contribution in [3.8, 4) is 0 Å². The third kappa shape index (κ3) is 2.52. The monoisotopic (exact) mass is 315 g/mol. The standard InChI is InChI=1S/C15H11F2N5O/c16-10-4-3-9(7-11(10)17)18-15(23)12-5-6-13-19-20-14(8-1-2-8)22(13)21-12/h3-8H,1-2H2,(H,18,23). The minimum atomic E-state index is -1.03. The van der Waals surface area contributed by atoms with E-state index in [1.54, 1.807) is 10.6 Å². The zero-order valence-corrected chi connectivity index (χ0v) is 11.8. The topological polar surface area (TPSA) is 72.2 Å². The maximum Gasteiger partial charge on any atom is 0.276 e. The molecule has 1 N–H and O–H groups in total. The van der Waals surface area contributed by atoms with E-state index in [0.29, 0.717) is 11.6 Å². The van der Waals surface area contributed by atoms with Gasteiger partial charge in [-0.1, -0.05) is 0 Å². The Morgan fingerprint density at radius 3 is 2.70 bits per heavy atom. The average Bonchev–Trinajstić information content (AvgIpc) is 3.30. The highest BCUT2D eigenvalue weighted by atomic mass is 19.2. The Morgan fingerprint density at radius 2 is 1.96 bits per heavy atom. The largest absolute Gasteiger partial charge is 0.320 e. The van der Waals surface area contributed by atoms with E-state index in [9.17, 15) is 13.6 Å². The van der Waals surface area contributed by atoms with Gasteiger partial charge in [0.05, 0.1) is 0 Å². The van der Waals surface area contributed by atoms with Crippen molar-refractivity contribution in [2.75, 3.05) is 5.32 Å². The number of hydrogen-bond donors (Lipinski definition) is 1. The third-order valence-electron chi connectivity index (χ3n) is 3.64. The lowest BCUT2D eigenvalue weighted by molar-refractivity contribution is 0.102. The number of hydrogen-bond acceptors (Lipinski definition) is 4. The zero-order chi connectivity index (χ0) is 16.0. The first-order valence-corrected chi connectivity index (χ1v) is 7.10. The number of carbonyl (C=O) groups excluding carboxylic acids is 1. The Labute approximate surface area is 129 Å². The molecule has 1 aliphatic carbocycles. The molecule has 0 bridgehead atoms. The summed E-state index contributed by atoms with van der Waals surface area (Å²) in [6.45, 7) is 0. The molecule has 6 nitrogen and oxygen atoms in total. The molecule has 23 heavy (non-hydrogen) atoms. The molecule has 1 saturated carbocycles. The molecular formula is C15H11F2N5O. The van der Waals surface area contributed by atoms with Crippen molar-refractivity contribution >= 4 is 17.2 Å². The predicted molar refractivity (Wildman–Crippen MR) is 77.1 cm³/mol. The Hall–Kier alpha value is -2.90. The second kappa shape index (κ2) is 5.08. The molecule has 8 heteroatoms. The molecule has 1 fully saturated rings. The lowest BCUT2D eigenvalue weighted by Crippen LogP contribution is -2.16. The minimum absolute atomic E-state index is 0.143. The summed E-state index contributed by atoms with van der Waals surface area (Å²) in [7, 11) is 0. The molecule has 116 valence electrons. The number of nitrogens with zero attached hydrogens (tertiary/aromatic N) is 4. The van der Waals surface area contributed by atoms with Gasteiger partial charge in [-0.3, -0.25) is 4.79 Å². The Balaban J connectivity index is 1.63. The summed E-state index contributed by atoms with van der Waals surface area (Å²) in [4.78, 5) is 12.2. The molecule has 4 rings (SSSR count). The van der Waals surface area contributed by atoms with Gasteiger partial charge in [0, 0.05) is 17.7 Å². The number of rotatable bonds is 3. The van der Waals surface area contributed by atoms with E-state index in [1.165, 1.54) is 12.1 Å². The van der Waals surface area contributed by atoms with Crippen LogP contribution in [0.15, 0.2) is 30.3 Å². The van der Waals surface area contributed by atoms with Gasteiger partial charge in [-0.05, 0) is 37.1 Å². The smallest absolute Gasteiger partial charge is 0.276 e. The summed E-state index contributed by atoms with van der Waals surface area (Å²) in [6.07, 6.45) is 2.07. The van der Waals surface area contributed by atoms with E-state index in [4.69, 9.17) is 0 Å². The first-order valence-electron chi connectivity index (χ1n) is 7.10. The van der Waals surface area contributed by atoms with Crippen LogP contribution in [0.1, 0.15) is 35.1 Å². The van der Waals surface area contributed by atoms with E-state index < -0.39 is 17.5 Å². The van der Waals surface area contributed by atoms with Gasteiger partial charge in [0.25, 0.3) is 5.91 Å². The molecule has 0 saturated heterocycles. The number of aromatic nitrogens is 4. The lowest BCUT2D eigenvalue weighted by atomic mass is 10.3. The van der Waals surface area contributed by atoms with E-state index >= 15 is 0 Å². The van der Waals surface area contributed by atoms with Crippen LogP contribution in [0.3, 0.4) is 0 Å². The summed E-state index contributed by atoms with van der Waals surface area (Å²) in [5, 5.41) is 14.8. The molecule has 0 atom stereocenters. The van der Waals surface area contributed by atoms with Crippen molar-refractivity contribution in [1.29, 1.82) is 0 Å². The maximum atomic E-state index is 13.2. The number of nitrogens with one attached hydrogen (secondary N) is 1. The zero-order valence-electron chi connectivity index (χ0n) is 11.8. The maximum absolute atomic E-state index is 13.2. The Kier molecular flexibility index (Phi) is 3.03. The Morgan fingerprint density at radius 1 is 1.13 bits per heavy atom. The Bertz CT molecular complexity index is 919. The van der Waals surface area contributed by atoms with Crippen LogP contribution in [0, 0.1) is 11.6 Å². The fourth-order valence-electron chi connectivity index (χ4n) is 2.29. The number of anilines is 1. The highest BCUT2D eigenvalue weighted by Gasteiger charge is 2.29. The van der Waals surface area contributed by atoms with Crippen molar-refractivity contribution in [3.05, 3.63) is 53.5 Å². The van der Waals surface area contributed by atoms with Crippen LogP contribution >= 0.6 is 0 Å². The number of benzene rings is 1. The predicted octanol–water partition coefficient (Wildman–Crippen LogP) is 2.53. The molecule has 3 aromatic rings. The van der Waals surface area contributed by atoms with Crippen molar-refractivity contribution in [2.45, 2.75) is 18.8 Å². The van der Waals surface area contributed by atoms with Crippen molar-refractivity contribution in [1.82, 2.24) is 19.8 Å². The van der Waals surface area contributed by atoms with Crippen molar-refractivity contribution < 1.29 is 13.6 Å². The molecule has 2 aromatic heterocycles. The molecule has 0 radical (unpaired) electrons. The number of amides is 1. The summed E-state index contributed by atoms with van der Waals surface area (Å²) in [5.74, 6) is -1.44. The summed E-state index contributed by atoms with van der Waals surface area (Å²) >= 11 is 0. The van der Waals surface area contributed by atoms with Crippen LogP contribution in [0.25, 0.3) is 5.65 Å². The van der Waals surface area contributed by atoms with Crippen LogP contribution in [0.4, 0.5) is 14.5 Å². The molecule has 0 aliphatic heterocycles. The van der Waals surface area contributed by atoms with Gasteiger partial charge in [-0.25, -0.2) is 8.78 Å². The molecular weight excluding hydrogens is 304 g/mol. The van der Waals surface area contributed by atoms with Crippen LogP contribution < -0.4 is 5.32 Å². The highest BCUT2D eigenvalue weighted by molar-refractivity contribution is 6.02. The number of fused-ring (bicyclic) bond motifs is 1. The summed E-state index contributed by atoms with van der Waals surface area (Å²) in [6, 6.07) is 6.30. The number of carbonyl (C=O) groups is 1. The molecule has 2 heterocycles. The van der Waals surface area contributed by atoms with Crippen LogP contribution in [0.2, 0.25) is 0 Å². The summed E-state index contributed by atoms with van der Waals surface area (Å²) < 4.78 is 27.6. The second-order valence-electron chi connectivity index (χ2n) is 5.40. The van der Waals surface area contributed by atoms with Gasteiger partial charge in [0.1, 0.15) is 5.69 Å². The fraction of sp³-hybridized carbons (Fsp3) is 0.200. The minimum Gasteiger partial charge on any atom is -0.320 e. The van der Waals surface area contributed by atoms with Crippen LogP contribution in [0.5, 0.6) is 0 Å². The SMILES string of the molecule is O=C(Nc1ccc(F)c(F)c1)c1ccc2nnc(C3CC3)n2n1. The quantitative estimate of drug-likeness (QED) is 0.806. The van der Waals surface area contributed by atoms with E-state index in [2.05, 4.69) is 20.6 Å². The van der Waals surface area contributed by atoms with Crippen LogP contribution in [-0.4, -0.2) is 25.7 Å². The molecule has 0 spiro atoms. The van der Waals surface area contributed by atoms with Crippen LogP contribution in [-0.2, 0) is 0 Å². The second-order valence-corrected chi connectivity index (χ2v) is 5.40. The van der Waals surface area contributed by atoms with Gasteiger partial charge in [-0.15, -0.1) is 10.2 Å². The van der Waals surface area contributed by atoms with E-state index in [1.807, 2.05) is 0 Å².